The lowest BCUT2D eigenvalue weighted by Gasteiger charge is -2.26. The number of carbonyl (C=O) groups is 1. The summed E-state index contributed by atoms with van der Waals surface area (Å²) < 4.78 is 5.31. The Balaban J connectivity index is 1.51. The Morgan fingerprint density at radius 3 is 2.95 bits per heavy atom. The molecule has 19 heavy (non-hydrogen) atoms. The van der Waals surface area contributed by atoms with Crippen LogP contribution in [-0.4, -0.2) is 43.3 Å². The van der Waals surface area contributed by atoms with Crippen LogP contribution in [0.2, 0.25) is 0 Å². The zero-order valence-electron chi connectivity index (χ0n) is 11.0. The van der Waals surface area contributed by atoms with Crippen molar-refractivity contribution < 1.29 is 9.53 Å². The molecule has 1 aromatic heterocycles. The van der Waals surface area contributed by atoms with E-state index in [9.17, 15) is 4.79 Å². The predicted octanol–water partition coefficient (Wildman–Crippen LogP) is 2.43. The maximum absolute atomic E-state index is 12.2. The van der Waals surface area contributed by atoms with Gasteiger partial charge >= 0.3 is 6.03 Å². The maximum atomic E-state index is 12.2. The van der Waals surface area contributed by atoms with Crippen LogP contribution in [0.3, 0.4) is 0 Å². The van der Waals surface area contributed by atoms with Crippen LogP contribution in [0, 0.1) is 0 Å². The first-order valence-electron chi connectivity index (χ1n) is 6.98. The van der Waals surface area contributed by atoms with Gasteiger partial charge in [-0.15, -0.1) is 0 Å². The molecule has 3 rings (SSSR count). The first-order valence-corrected chi connectivity index (χ1v) is 7.92. The van der Waals surface area contributed by atoms with Gasteiger partial charge in [0.25, 0.3) is 0 Å². The van der Waals surface area contributed by atoms with Gasteiger partial charge in [-0.25, -0.2) is 4.79 Å². The molecule has 0 bridgehead atoms. The molecule has 2 amide bonds. The summed E-state index contributed by atoms with van der Waals surface area (Å²) in [6.07, 6.45) is 2.96. The highest BCUT2D eigenvalue weighted by atomic mass is 32.1. The Labute approximate surface area is 117 Å². The molecule has 1 aromatic rings. The van der Waals surface area contributed by atoms with Crippen molar-refractivity contribution in [2.24, 2.45) is 0 Å². The summed E-state index contributed by atoms with van der Waals surface area (Å²) in [6, 6.07) is 2.57. The van der Waals surface area contributed by atoms with Crippen molar-refractivity contribution in [1.29, 1.82) is 0 Å². The van der Waals surface area contributed by atoms with Gasteiger partial charge in [0.05, 0.1) is 0 Å². The molecule has 1 atom stereocenters. The van der Waals surface area contributed by atoms with Gasteiger partial charge in [-0.3, -0.25) is 0 Å². The zero-order valence-corrected chi connectivity index (χ0v) is 11.8. The molecule has 4 nitrogen and oxygen atoms in total. The zero-order chi connectivity index (χ0) is 13.1. The molecule has 1 unspecified atom stereocenters. The number of urea groups is 1. The number of ether oxygens (including phenoxy) is 1. The quantitative estimate of drug-likeness (QED) is 0.904. The molecule has 0 aromatic carbocycles. The minimum absolute atomic E-state index is 0.102. The van der Waals surface area contributed by atoms with Crippen LogP contribution in [0.4, 0.5) is 4.79 Å². The van der Waals surface area contributed by atoms with E-state index in [1.807, 2.05) is 4.90 Å². The lowest BCUT2D eigenvalue weighted by atomic mass is 10.0. The third-order valence-corrected chi connectivity index (χ3v) is 4.74. The summed E-state index contributed by atoms with van der Waals surface area (Å²) in [6.45, 7) is 3.26. The smallest absolute Gasteiger partial charge is 0.317 e. The van der Waals surface area contributed by atoms with E-state index in [0.29, 0.717) is 12.0 Å². The summed E-state index contributed by atoms with van der Waals surface area (Å²) in [5.41, 5.74) is 1.38. The number of hydrogen-bond acceptors (Lipinski definition) is 3. The van der Waals surface area contributed by atoms with E-state index < -0.39 is 0 Å². The van der Waals surface area contributed by atoms with Crippen molar-refractivity contribution in [3.8, 4) is 0 Å². The fourth-order valence-corrected chi connectivity index (χ4v) is 3.57. The molecular weight excluding hydrogens is 260 g/mol. The summed E-state index contributed by atoms with van der Waals surface area (Å²) in [7, 11) is 0. The Morgan fingerprint density at radius 1 is 1.37 bits per heavy atom. The molecule has 0 saturated carbocycles. The molecule has 2 aliphatic heterocycles. The highest BCUT2D eigenvalue weighted by Gasteiger charge is 2.28. The van der Waals surface area contributed by atoms with E-state index in [2.05, 4.69) is 22.1 Å². The van der Waals surface area contributed by atoms with E-state index >= 15 is 0 Å². The van der Waals surface area contributed by atoms with Crippen LogP contribution in [-0.2, 0) is 4.74 Å². The second-order valence-corrected chi connectivity index (χ2v) is 6.10. The standard InChI is InChI=1S/C14H20N2O2S/c17-14(15-13-2-6-18-7-3-13)16-5-1-11(9-16)12-4-8-19-10-12/h4,8,10-11,13H,1-3,5-7,9H2,(H,15,17). The largest absolute Gasteiger partial charge is 0.381 e. The van der Waals surface area contributed by atoms with Gasteiger partial charge in [-0.1, -0.05) is 0 Å². The minimum atomic E-state index is 0.102. The summed E-state index contributed by atoms with van der Waals surface area (Å²) in [4.78, 5) is 14.2. The first kappa shape index (κ1) is 12.9. The number of likely N-dealkylation sites (tertiary alicyclic amines) is 1. The number of hydrogen-bond donors (Lipinski definition) is 1. The number of amides is 2. The molecule has 2 aliphatic rings. The number of carbonyl (C=O) groups excluding carboxylic acids is 1. The molecule has 2 saturated heterocycles. The first-order chi connectivity index (χ1) is 9.33. The molecule has 3 heterocycles. The van der Waals surface area contributed by atoms with Gasteiger partial charge in [0, 0.05) is 38.3 Å². The van der Waals surface area contributed by atoms with Gasteiger partial charge in [-0.05, 0) is 41.7 Å². The normalized spacial score (nSPS) is 24.6. The summed E-state index contributed by atoms with van der Waals surface area (Å²) >= 11 is 1.73. The average molecular weight is 280 g/mol. The highest BCUT2D eigenvalue weighted by molar-refractivity contribution is 7.07. The van der Waals surface area contributed by atoms with Gasteiger partial charge in [0.2, 0.25) is 0 Å². The summed E-state index contributed by atoms with van der Waals surface area (Å²) in [5, 5.41) is 7.45. The van der Waals surface area contributed by atoms with Gasteiger partial charge < -0.3 is 15.0 Å². The molecule has 2 fully saturated rings. The molecule has 0 spiro atoms. The van der Waals surface area contributed by atoms with Crippen molar-refractivity contribution in [2.45, 2.75) is 31.2 Å². The number of nitrogens with zero attached hydrogens (tertiary/aromatic N) is 1. The van der Waals surface area contributed by atoms with Gasteiger partial charge in [-0.2, -0.15) is 11.3 Å². The molecule has 0 radical (unpaired) electrons. The Kier molecular flexibility index (Phi) is 4.03. The molecular formula is C14H20N2O2S. The summed E-state index contributed by atoms with van der Waals surface area (Å²) in [5.74, 6) is 0.520. The van der Waals surface area contributed by atoms with Gasteiger partial charge in [0.1, 0.15) is 0 Å². The van der Waals surface area contributed by atoms with Crippen molar-refractivity contribution in [2.75, 3.05) is 26.3 Å². The van der Waals surface area contributed by atoms with E-state index in [-0.39, 0.29) is 6.03 Å². The highest BCUT2D eigenvalue weighted by Crippen LogP contribution is 2.28. The van der Waals surface area contributed by atoms with Crippen LogP contribution in [0.15, 0.2) is 16.8 Å². The Hall–Kier alpha value is -1.07. The second kappa shape index (κ2) is 5.92. The SMILES string of the molecule is O=C(NC1CCOCC1)N1CCC(c2ccsc2)C1. The molecule has 104 valence electrons. The third-order valence-electron chi connectivity index (χ3n) is 4.04. The number of nitrogens with one attached hydrogen (secondary N) is 1. The molecule has 5 heteroatoms. The van der Waals surface area contributed by atoms with Crippen LogP contribution in [0.1, 0.15) is 30.7 Å². The lowest BCUT2D eigenvalue weighted by Crippen LogP contribution is -2.45. The number of thiophene rings is 1. The third kappa shape index (κ3) is 3.09. The van der Waals surface area contributed by atoms with Crippen LogP contribution in [0.25, 0.3) is 0 Å². The fourth-order valence-electron chi connectivity index (χ4n) is 2.83. The lowest BCUT2D eigenvalue weighted by molar-refractivity contribution is 0.0785. The van der Waals surface area contributed by atoms with E-state index in [0.717, 1.165) is 45.6 Å². The van der Waals surface area contributed by atoms with Crippen molar-refractivity contribution in [3.63, 3.8) is 0 Å². The van der Waals surface area contributed by atoms with Crippen LogP contribution >= 0.6 is 11.3 Å². The number of rotatable bonds is 2. The maximum Gasteiger partial charge on any atom is 0.317 e. The van der Waals surface area contributed by atoms with Crippen molar-refractivity contribution >= 4 is 17.4 Å². The Morgan fingerprint density at radius 2 is 2.21 bits per heavy atom. The predicted molar refractivity (Wildman–Crippen MR) is 75.6 cm³/mol. The van der Waals surface area contributed by atoms with E-state index in [4.69, 9.17) is 4.74 Å². The average Bonchev–Trinajstić information content (AvgIpc) is 3.11. The monoisotopic (exact) mass is 280 g/mol. The van der Waals surface area contributed by atoms with Crippen molar-refractivity contribution in [3.05, 3.63) is 22.4 Å². The Bertz CT molecular complexity index is 415. The van der Waals surface area contributed by atoms with E-state index in [1.165, 1.54) is 5.56 Å². The van der Waals surface area contributed by atoms with Crippen LogP contribution < -0.4 is 5.32 Å². The van der Waals surface area contributed by atoms with E-state index in [1.54, 1.807) is 11.3 Å². The minimum Gasteiger partial charge on any atom is -0.381 e. The second-order valence-electron chi connectivity index (χ2n) is 5.32. The molecule has 0 aliphatic carbocycles. The van der Waals surface area contributed by atoms with Gasteiger partial charge in [0.15, 0.2) is 0 Å². The van der Waals surface area contributed by atoms with Crippen molar-refractivity contribution in [1.82, 2.24) is 10.2 Å². The van der Waals surface area contributed by atoms with Crippen LogP contribution in [0.5, 0.6) is 0 Å². The topological polar surface area (TPSA) is 41.6 Å². The fraction of sp³-hybridized carbons (Fsp3) is 0.643. The molecule has 1 N–H and O–H groups in total.